The third-order valence-corrected chi connectivity index (χ3v) is 3.38. The second-order valence-corrected chi connectivity index (χ2v) is 4.78. The number of hydrogen-bond donors (Lipinski definition) is 0. The van der Waals surface area contributed by atoms with Crippen LogP contribution in [0.1, 0.15) is 17.7 Å². The molecule has 1 fully saturated rings. The first-order chi connectivity index (χ1) is 7.77. The normalized spacial score (nSPS) is 17.4. The van der Waals surface area contributed by atoms with Crippen LogP contribution in [0, 0.1) is 10.5 Å². The number of ether oxygens (including phenoxy) is 2. The largest absolute Gasteiger partial charge is 0.345 e. The fourth-order valence-corrected chi connectivity index (χ4v) is 2.82. The number of aromatic nitrogens is 3. The smallest absolute Gasteiger partial charge is 0.203 e. The quantitative estimate of drug-likeness (QED) is 0.746. The lowest BCUT2D eigenvalue weighted by Crippen LogP contribution is -2.07. The molecule has 1 saturated heterocycles. The van der Waals surface area contributed by atoms with Crippen LogP contribution in [-0.2, 0) is 9.47 Å². The average Bonchev–Trinajstić information content (AvgIpc) is 2.88. The van der Waals surface area contributed by atoms with Crippen LogP contribution < -0.4 is 0 Å². The van der Waals surface area contributed by atoms with E-state index in [0.717, 1.165) is 20.5 Å². The predicted molar refractivity (Wildman–Crippen MR) is 65.1 cm³/mol. The number of nitrogens with zero attached hydrogens (tertiary/aromatic N) is 3. The molecule has 5 nitrogen and oxygen atoms in total. The van der Waals surface area contributed by atoms with E-state index in [2.05, 4.69) is 38.7 Å². The number of hydrogen-bond acceptors (Lipinski definition) is 4. The van der Waals surface area contributed by atoms with Gasteiger partial charge < -0.3 is 9.47 Å². The Morgan fingerprint density at radius 1 is 1.44 bits per heavy atom. The van der Waals surface area contributed by atoms with E-state index >= 15 is 0 Å². The van der Waals surface area contributed by atoms with Crippen molar-refractivity contribution in [3.63, 3.8) is 0 Å². The molecule has 0 radical (unpaired) electrons. The minimum absolute atomic E-state index is 0.353. The highest BCUT2D eigenvalue weighted by Gasteiger charge is 2.24. The van der Waals surface area contributed by atoms with Crippen LogP contribution in [0.3, 0.4) is 0 Å². The number of rotatable bonds is 1. The summed E-state index contributed by atoms with van der Waals surface area (Å²) < 4.78 is 14.0. The molecule has 0 bridgehead atoms. The van der Waals surface area contributed by atoms with Crippen LogP contribution in [0.25, 0.3) is 5.52 Å². The molecular formula is C10H10IN3O2. The molecule has 0 aliphatic carbocycles. The van der Waals surface area contributed by atoms with E-state index in [1.165, 1.54) is 6.33 Å². The van der Waals surface area contributed by atoms with E-state index < -0.39 is 0 Å². The molecule has 6 heteroatoms. The molecule has 2 aromatic heterocycles. The van der Waals surface area contributed by atoms with Crippen molar-refractivity contribution in [2.45, 2.75) is 13.2 Å². The summed E-state index contributed by atoms with van der Waals surface area (Å²) in [7, 11) is 0. The second kappa shape index (κ2) is 3.94. The molecule has 16 heavy (non-hydrogen) atoms. The van der Waals surface area contributed by atoms with Crippen LogP contribution in [0.4, 0.5) is 0 Å². The first-order valence-electron chi connectivity index (χ1n) is 4.99. The van der Waals surface area contributed by atoms with Crippen molar-refractivity contribution in [2.24, 2.45) is 0 Å². The fourth-order valence-electron chi connectivity index (χ4n) is 1.86. The van der Waals surface area contributed by atoms with Gasteiger partial charge in [-0.2, -0.15) is 5.10 Å². The Balaban J connectivity index is 2.23. The summed E-state index contributed by atoms with van der Waals surface area (Å²) in [5.74, 6) is 0. The van der Waals surface area contributed by atoms with Crippen molar-refractivity contribution in [1.29, 1.82) is 0 Å². The monoisotopic (exact) mass is 331 g/mol. The van der Waals surface area contributed by atoms with Gasteiger partial charge in [0.15, 0.2) is 0 Å². The van der Waals surface area contributed by atoms with Gasteiger partial charge >= 0.3 is 0 Å². The standard InChI is InChI=1S/C10H10IN3O2/c1-6-4-7(11)9-8(10-15-2-3-16-10)12-5-13-14(6)9/h4-5,10H,2-3H2,1H3. The summed E-state index contributed by atoms with van der Waals surface area (Å²) in [4.78, 5) is 4.28. The Morgan fingerprint density at radius 3 is 2.94 bits per heavy atom. The third-order valence-electron chi connectivity index (χ3n) is 2.56. The third kappa shape index (κ3) is 1.52. The van der Waals surface area contributed by atoms with E-state index in [4.69, 9.17) is 9.47 Å². The van der Waals surface area contributed by atoms with Gasteiger partial charge in [0.1, 0.15) is 17.5 Å². The predicted octanol–water partition coefficient (Wildman–Crippen LogP) is 1.69. The summed E-state index contributed by atoms with van der Waals surface area (Å²) in [6, 6.07) is 2.07. The fraction of sp³-hybridized carbons (Fsp3) is 0.400. The van der Waals surface area contributed by atoms with Gasteiger partial charge in [0.2, 0.25) is 6.29 Å². The molecule has 0 saturated carbocycles. The summed E-state index contributed by atoms with van der Waals surface area (Å²) in [6.07, 6.45) is 1.18. The van der Waals surface area contributed by atoms with E-state index in [0.29, 0.717) is 13.2 Å². The summed E-state index contributed by atoms with van der Waals surface area (Å²) >= 11 is 2.28. The average molecular weight is 331 g/mol. The van der Waals surface area contributed by atoms with Gasteiger partial charge in [-0.1, -0.05) is 0 Å². The Kier molecular flexibility index (Phi) is 2.56. The molecule has 0 amide bonds. The molecule has 0 atom stereocenters. The van der Waals surface area contributed by atoms with E-state index in [1.807, 2.05) is 11.4 Å². The van der Waals surface area contributed by atoms with Crippen LogP contribution in [0.15, 0.2) is 12.4 Å². The van der Waals surface area contributed by atoms with Crippen molar-refractivity contribution in [2.75, 3.05) is 13.2 Å². The highest BCUT2D eigenvalue weighted by Crippen LogP contribution is 2.28. The van der Waals surface area contributed by atoms with Gasteiger partial charge in [0.25, 0.3) is 0 Å². The molecule has 0 N–H and O–H groups in total. The molecule has 0 unspecified atom stereocenters. The lowest BCUT2D eigenvalue weighted by Gasteiger charge is -2.09. The molecule has 1 aliphatic heterocycles. The molecule has 0 spiro atoms. The van der Waals surface area contributed by atoms with Gasteiger partial charge in [-0.05, 0) is 35.6 Å². The van der Waals surface area contributed by atoms with Gasteiger partial charge in [-0.25, -0.2) is 9.50 Å². The van der Waals surface area contributed by atoms with Crippen LogP contribution >= 0.6 is 22.6 Å². The summed E-state index contributed by atoms with van der Waals surface area (Å²) in [5.41, 5.74) is 2.87. The molecule has 1 aliphatic rings. The van der Waals surface area contributed by atoms with Gasteiger partial charge in [-0.3, -0.25) is 0 Å². The first kappa shape index (κ1) is 10.4. The highest BCUT2D eigenvalue weighted by molar-refractivity contribution is 14.1. The Hall–Kier alpha value is -0.730. The molecular weight excluding hydrogens is 321 g/mol. The van der Waals surface area contributed by atoms with Crippen molar-refractivity contribution < 1.29 is 9.47 Å². The molecule has 0 aromatic carbocycles. The van der Waals surface area contributed by atoms with Gasteiger partial charge in [0.05, 0.1) is 13.2 Å². The Morgan fingerprint density at radius 2 is 2.19 bits per heavy atom. The van der Waals surface area contributed by atoms with Crippen LogP contribution in [-0.4, -0.2) is 27.8 Å². The topological polar surface area (TPSA) is 48.7 Å². The Labute approximate surface area is 106 Å². The highest BCUT2D eigenvalue weighted by atomic mass is 127. The molecule has 2 aromatic rings. The van der Waals surface area contributed by atoms with Gasteiger partial charge in [0, 0.05) is 9.26 Å². The number of fused-ring (bicyclic) bond motifs is 1. The maximum absolute atomic E-state index is 5.48. The zero-order chi connectivity index (χ0) is 11.1. The van der Waals surface area contributed by atoms with Crippen LogP contribution in [0.5, 0.6) is 0 Å². The maximum atomic E-state index is 5.48. The van der Waals surface area contributed by atoms with Crippen molar-refractivity contribution in [3.05, 3.63) is 27.4 Å². The van der Waals surface area contributed by atoms with Gasteiger partial charge in [-0.15, -0.1) is 0 Å². The minimum atomic E-state index is -0.353. The SMILES string of the molecule is Cc1cc(I)c2c(C3OCCO3)ncnn12. The number of halogens is 1. The van der Waals surface area contributed by atoms with Crippen molar-refractivity contribution >= 4 is 28.1 Å². The Bertz CT molecular complexity index is 534. The first-order valence-corrected chi connectivity index (χ1v) is 6.07. The van der Waals surface area contributed by atoms with Crippen molar-refractivity contribution in [1.82, 2.24) is 14.6 Å². The van der Waals surface area contributed by atoms with Crippen LogP contribution in [0.2, 0.25) is 0 Å². The lowest BCUT2D eigenvalue weighted by molar-refractivity contribution is -0.0465. The second-order valence-electron chi connectivity index (χ2n) is 3.61. The van der Waals surface area contributed by atoms with Crippen molar-refractivity contribution in [3.8, 4) is 0 Å². The lowest BCUT2D eigenvalue weighted by atomic mass is 10.3. The summed E-state index contributed by atoms with van der Waals surface area (Å²) in [6.45, 7) is 3.26. The van der Waals surface area contributed by atoms with E-state index in [1.54, 1.807) is 0 Å². The molecule has 84 valence electrons. The molecule has 3 heterocycles. The van der Waals surface area contributed by atoms with E-state index in [-0.39, 0.29) is 6.29 Å². The zero-order valence-corrected chi connectivity index (χ0v) is 10.8. The van der Waals surface area contributed by atoms with E-state index in [9.17, 15) is 0 Å². The minimum Gasteiger partial charge on any atom is -0.345 e. The summed E-state index contributed by atoms with van der Waals surface area (Å²) in [5, 5.41) is 4.22. The molecule has 3 rings (SSSR count). The maximum Gasteiger partial charge on any atom is 0.203 e. The zero-order valence-electron chi connectivity index (χ0n) is 8.68. The number of aryl methyl sites for hydroxylation is 1.